The first kappa shape index (κ1) is 15.0. The molecular weight excluding hydrogens is 260 g/mol. The average Bonchev–Trinajstić information content (AvgIpc) is 2.92. The topological polar surface area (TPSA) is 37.0 Å². The highest BCUT2D eigenvalue weighted by Crippen LogP contribution is 2.28. The minimum absolute atomic E-state index is 0.104. The molecular formula is C15H23F2N3. The monoisotopic (exact) mass is 283 g/mol. The molecule has 1 aromatic heterocycles. The summed E-state index contributed by atoms with van der Waals surface area (Å²) in [6, 6.07) is 0.879. The standard InChI is InChI=1S/C15H23F2N3/c1-2-18-14-12(16)10-13(17)15(20-14)19-9-5-8-11-6-3-4-7-11/h10-11H,2-9H2,1H3,(H2,18,19,20). The van der Waals surface area contributed by atoms with E-state index in [2.05, 4.69) is 15.6 Å². The summed E-state index contributed by atoms with van der Waals surface area (Å²) in [7, 11) is 0. The fourth-order valence-electron chi connectivity index (χ4n) is 2.78. The van der Waals surface area contributed by atoms with Gasteiger partial charge in [-0.3, -0.25) is 0 Å². The van der Waals surface area contributed by atoms with Gasteiger partial charge in [-0.05, 0) is 25.7 Å². The number of pyridine rings is 1. The molecule has 1 aromatic rings. The molecule has 112 valence electrons. The maximum absolute atomic E-state index is 13.6. The Kier molecular flexibility index (Phi) is 5.56. The summed E-state index contributed by atoms with van der Waals surface area (Å²) in [6.45, 7) is 3.08. The van der Waals surface area contributed by atoms with Crippen molar-refractivity contribution in [2.75, 3.05) is 23.7 Å². The largest absolute Gasteiger partial charge is 0.368 e. The lowest BCUT2D eigenvalue weighted by Crippen LogP contribution is -2.10. The number of anilines is 2. The van der Waals surface area contributed by atoms with Crippen LogP contribution in [0.1, 0.15) is 45.4 Å². The molecule has 0 radical (unpaired) electrons. The molecule has 0 atom stereocenters. The van der Waals surface area contributed by atoms with E-state index in [0.29, 0.717) is 13.1 Å². The van der Waals surface area contributed by atoms with Gasteiger partial charge in [0.05, 0.1) is 0 Å². The molecule has 5 heteroatoms. The van der Waals surface area contributed by atoms with E-state index in [-0.39, 0.29) is 11.6 Å². The molecule has 3 nitrogen and oxygen atoms in total. The van der Waals surface area contributed by atoms with Crippen LogP contribution < -0.4 is 10.6 Å². The van der Waals surface area contributed by atoms with Gasteiger partial charge in [-0.1, -0.05) is 25.7 Å². The van der Waals surface area contributed by atoms with Crippen molar-refractivity contribution in [1.29, 1.82) is 0 Å². The maximum Gasteiger partial charge on any atom is 0.168 e. The fraction of sp³-hybridized carbons (Fsp3) is 0.667. The normalized spacial score (nSPS) is 15.6. The second kappa shape index (κ2) is 7.41. The Hall–Kier alpha value is -1.39. The average molecular weight is 283 g/mol. The maximum atomic E-state index is 13.6. The lowest BCUT2D eigenvalue weighted by atomic mass is 10.0. The molecule has 0 aromatic carbocycles. The Bertz CT molecular complexity index is 431. The van der Waals surface area contributed by atoms with Crippen molar-refractivity contribution in [3.63, 3.8) is 0 Å². The highest BCUT2D eigenvalue weighted by atomic mass is 19.1. The van der Waals surface area contributed by atoms with Crippen molar-refractivity contribution in [3.8, 4) is 0 Å². The SMILES string of the molecule is CCNc1nc(NCCCC2CCCC2)c(F)cc1F. The summed E-state index contributed by atoms with van der Waals surface area (Å²) in [5.41, 5.74) is 0. The van der Waals surface area contributed by atoms with Gasteiger partial charge in [-0.25, -0.2) is 13.8 Å². The molecule has 20 heavy (non-hydrogen) atoms. The molecule has 1 aliphatic rings. The molecule has 1 heterocycles. The van der Waals surface area contributed by atoms with E-state index in [9.17, 15) is 8.78 Å². The zero-order valence-corrected chi connectivity index (χ0v) is 12.0. The number of aromatic nitrogens is 1. The van der Waals surface area contributed by atoms with Gasteiger partial charge in [-0.2, -0.15) is 0 Å². The second-order valence-electron chi connectivity index (χ2n) is 5.40. The van der Waals surface area contributed by atoms with Crippen molar-refractivity contribution >= 4 is 11.6 Å². The molecule has 1 saturated carbocycles. The number of nitrogens with zero attached hydrogens (tertiary/aromatic N) is 1. The Balaban J connectivity index is 1.83. The van der Waals surface area contributed by atoms with Crippen LogP contribution in [0.2, 0.25) is 0 Å². The molecule has 0 saturated heterocycles. The minimum Gasteiger partial charge on any atom is -0.368 e. The van der Waals surface area contributed by atoms with Crippen LogP contribution in [0.3, 0.4) is 0 Å². The number of rotatable bonds is 7. The van der Waals surface area contributed by atoms with Crippen molar-refractivity contribution in [2.45, 2.75) is 45.4 Å². The third kappa shape index (κ3) is 4.05. The summed E-state index contributed by atoms with van der Waals surface area (Å²) in [5, 5.41) is 5.76. The first-order valence-corrected chi connectivity index (χ1v) is 7.54. The van der Waals surface area contributed by atoms with E-state index < -0.39 is 11.6 Å². The van der Waals surface area contributed by atoms with E-state index in [4.69, 9.17) is 0 Å². The van der Waals surface area contributed by atoms with Gasteiger partial charge < -0.3 is 10.6 Å². The summed E-state index contributed by atoms with van der Waals surface area (Å²) in [4.78, 5) is 3.96. The molecule has 0 bridgehead atoms. The van der Waals surface area contributed by atoms with Crippen LogP contribution in [0.4, 0.5) is 20.4 Å². The lowest BCUT2D eigenvalue weighted by Gasteiger charge is -2.12. The van der Waals surface area contributed by atoms with Gasteiger partial charge in [0.2, 0.25) is 0 Å². The summed E-state index contributed by atoms with van der Waals surface area (Å²) in [6.07, 6.45) is 7.52. The lowest BCUT2D eigenvalue weighted by molar-refractivity contribution is 0.490. The molecule has 0 spiro atoms. The van der Waals surface area contributed by atoms with E-state index in [1.807, 2.05) is 6.92 Å². The van der Waals surface area contributed by atoms with Gasteiger partial charge in [0.15, 0.2) is 23.3 Å². The van der Waals surface area contributed by atoms with Crippen LogP contribution in [0.15, 0.2) is 6.07 Å². The van der Waals surface area contributed by atoms with E-state index in [1.54, 1.807) is 0 Å². The predicted octanol–water partition coefficient (Wildman–Crippen LogP) is 4.17. The number of hydrogen-bond acceptors (Lipinski definition) is 3. The minimum atomic E-state index is -0.652. The fourth-order valence-corrected chi connectivity index (χ4v) is 2.78. The molecule has 2 N–H and O–H groups in total. The smallest absolute Gasteiger partial charge is 0.168 e. The Morgan fingerprint density at radius 1 is 1.15 bits per heavy atom. The molecule has 1 aliphatic carbocycles. The van der Waals surface area contributed by atoms with Crippen LogP contribution in [-0.2, 0) is 0 Å². The van der Waals surface area contributed by atoms with E-state index in [1.165, 1.54) is 32.1 Å². The van der Waals surface area contributed by atoms with Crippen LogP contribution in [-0.4, -0.2) is 18.1 Å². The number of nitrogens with one attached hydrogen (secondary N) is 2. The van der Waals surface area contributed by atoms with Crippen molar-refractivity contribution in [2.24, 2.45) is 5.92 Å². The quantitative estimate of drug-likeness (QED) is 0.737. The van der Waals surface area contributed by atoms with Gasteiger partial charge >= 0.3 is 0 Å². The Morgan fingerprint density at radius 3 is 2.45 bits per heavy atom. The third-order valence-corrected chi connectivity index (χ3v) is 3.83. The summed E-state index contributed by atoms with van der Waals surface area (Å²) >= 11 is 0. The highest BCUT2D eigenvalue weighted by Gasteiger charge is 2.15. The van der Waals surface area contributed by atoms with Crippen LogP contribution >= 0.6 is 0 Å². The van der Waals surface area contributed by atoms with Crippen LogP contribution in [0.5, 0.6) is 0 Å². The Morgan fingerprint density at radius 2 is 1.80 bits per heavy atom. The second-order valence-corrected chi connectivity index (χ2v) is 5.40. The van der Waals surface area contributed by atoms with Gasteiger partial charge in [-0.15, -0.1) is 0 Å². The van der Waals surface area contributed by atoms with Crippen molar-refractivity contribution in [1.82, 2.24) is 4.98 Å². The number of halogens is 2. The van der Waals surface area contributed by atoms with Gasteiger partial charge in [0.25, 0.3) is 0 Å². The zero-order valence-electron chi connectivity index (χ0n) is 12.0. The molecule has 0 aliphatic heterocycles. The first-order chi connectivity index (χ1) is 9.70. The van der Waals surface area contributed by atoms with Crippen LogP contribution in [0, 0.1) is 17.6 Å². The summed E-state index contributed by atoms with van der Waals surface area (Å²) in [5.74, 6) is -0.216. The predicted molar refractivity (Wildman–Crippen MR) is 78.0 cm³/mol. The van der Waals surface area contributed by atoms with E-state index in [0.717, 1.165) is 18.4 Å². The van der Waals surface area contributed by atoms with Crippen molar-refractivity contribution < 1.29 is 8.78 Å². The molecule has 1 fully saturated rings. The molecule has 0 amide bonds. The highest BCUT2D eigenvalue weighted by molar-refractivity contribution is 5.47. The third-order valence-electron chi connectivity index (χ3n) is 3.83. The first-order valence-electron chi connectivity index (χ1n) is 7.54. The van der Waals surface area contributed by atoms with Crippen LogP contribution in [0.25, 0.3) is 0 Å². The van der Waals surface area contributed by atoms with Gasteiger partial charge in [0, 0.05) is 19.2 Å². The summed E-state index contributed by atoms with van der Waals surface area (Å²) < 4.78 is 27.0. The Labute approximate surface area is 119 Å². The number of hydrogen-bond donors (Lipinski definition) is 2. The molecule has 0 unspecified atom stereocenters. The van der Waals surface area contributed by atoms with E-state index >= 15 is 0 Å². The zero-order chi connectivity index (χ0) is 14.4. The molecule has 2 rings (SSSR count). The van der Waals surface area contributed by atoms with Gasteiger partial charge in [0.1, 0.15) is 0 Å². The van der Waals surface area contributed by atoms with Crippen molar-refractivity contribution in [3.05, 3.63) is 17.7 Å².